The Morgan fingerprint density at radius 3 is 1.87 bits per heavy atom. The van der Waals surface area contributed by atoms with Crippen molar-refractivity contribution in [3.05, 3.63) is 24.3 Å². The first kappa shape index (κ1) is 19.0. The number of nitrogens with zero attached hydrogens (tertiary/aromatic N) is 2. The first-order valence-electron chi connectivity index (χ1n) is 8.22. The van der Waals surface area contributed by atoms with Crippen LogP contribution in [0.15, 0.2) is 24.3 Å². The van der Waals surface area contributed by atoms with E-state index in [2.05, 4.69) is 24.1 Å². The molecule has 0 heterocycles. The predicted molar refractivity (Wildman–Crippen MR) is 95.8 cm³/mol. The maximum atomic E-state index is 12.3. The maximum Gasteiger partial charge on any atom is 0.313 e. The van der Waals surface area contributed by atoms with Gasteiger partial charge in [-0.05, 0) is 65.8 Å². The van der Waals surface area contributed by atoms with Crippen LogP contribution in [-0.2, 0) is 9.59 Å². The lowest BCUT2D eigenvalue weighted by Gasteiger charge is -2.34. The number of hydrogen-bond acceptors (Lipinski definition) is 3. The third-order valence-corrected chi connectivity index (χ3v) is 3.82. The van der Waals surface area contributed by atoms with E-state index in [1.165, 1.54) is 0 Å². The summed E-state index contributed by atoms with van der Waals surface area (Å²) >= 11 is 0. The van der Waals surface area contributed by atoms with Crippen LogP contribution in [0.5, 0.6) is 0 Å². The quantitative estimate of drug-likeness (QED) is 0.848. The van der Waals surface area contributed by atoms with E-state index in [9.17, 15) is 9.59 Å². The zero-order chi connectivity index (χ0) is 17.6. The molecule has 0 radical (unpaired) electrons. The lowest BCUT2D eigenvalue weighted by molar-refractivity contribution is -0.146. The van der Waals surface area contributed by atoms with E-state index in [-0.39, 0.29) is 5.54 Å². The number of likely N-dealkylation sites (N-methyl/N-ethyl adjacent to an activating group) is 1. The van der Waals surface area contributed by atoms with Gasteiger partial charge in [0.25, 0.3) is 0 Å². The fourth-order valence-electron chi connectivity index (χ4n) is 2.57. The van der Waals surface area contributed by atoms with Crippen LogP contribution in [0.3, 0.4) is 0 Å². The molecular formula is C18H29N3O2. The summed E-state index contributed by atoms with van der Waals surface area (Å²) in [5.74, 6) is -1.11. The van der Waals surface area contributed by atoms with Crippen molar-refractivity contribution in [3.8, 4) is 0 Å². The summed E-state index contributed by atoms with van der Waals surface area (Å²) < 4.78 is 0. The second kappa shape index (κ2) is 7.99. The Bertz CT molecular complexity index is 528. The molecule has 128 valence electrons. The average Bonchev–Trinajstić information content (AvgIpc) is 2.49. The summed E-state index contributed by atoms with van der Waals surface area (Å²) in [6.07, 6.45) is 0. The molecule has 0 spiro atoms. The standard InChI is InChI=1S/C18H29N3O2/c1-7-20(8-2)15-12-10-14(11-13-15)19-16(22)17(23)21(9-3)18(4,5)6/h10-13H,7-9H2,1-6H3,(H,19,22). The molecule has 0 atom stereocenters. The molecule has 1 aromatic carbocycles. The molecule has 5 heteroatoms. The molecule has 0 unspecified atom stereocenters. The molecule has 0 aliphatic carbocycles. The Hall–Kier alpha value is -2.04. The van der Waals surface area contributed by atoms with Gasteiger partial charge in [-0.3, -0.25) is 9.59 Å². The summed E-state index contributed by atoms with van der Waals surface area (Å²) in [5.41, 5.74) is 1.35. The minimum atomic E-state index is -0.600. The highest BCUT2D eigenvalue weighted by Crippen LogP contribution is 2.18. The van der Waals surface area contributed by atoms with Crippen LogP contribution < -0.4 is 10.2 Å². The van der Waals surface area contributed by atoms with Crippen LogP contribution >= 0.6 is 0 Å². The van der Waals surface area contributed by atoms with Crippen molar-refractivity contribution in [1.82, 2.24) is 4.90 Å². The number of rotatable bonds is 5. The number of benzene rings is 1. The van der Waals surface area contributed by atoms with Gasteiger partial charge in [0.1, 0.15) is 0 Å². The minimum absolute atomic E-state index is 0.379. The van der Waals surface area contributed by atoms with Crippen LogP contribution in [0.25, 0.3) is 0 Å². The van der Waals surface area contributed by atoms with E-state index in [0.29, 0.717) is 12.2 Å². The summed E-state index contributed by atoms with van der Waals surface area (Å²) in [5, 5.41) is 2.68. The van der Waals surface area contributed by atoms with Crippen LogP contribution in [0.2, 0.25) is 0 Å². The van der Waals surface area contributed by atoms with Gasteiger partial charge >= 0.3 is 11.8 Å². The molecule has 0 aliphatic heterocycles. The maximum absolute atomic E-state index is 12.3. The molecule has 0 saturated carbocycles. The topological polar surface area (TPSA) is 52.7 Å². The van der Waals surface area contributed by atoms with Gasteiger partial charge in [0.2, 0.25) is 0 Å². The Labute approximate surface area is 139 Å². The lowest BCUT2D eigenvalue weighted by atomic mass is 10.1. The van der Waals surface area contributed by atoms with Crippen LogP contribution in [-0.4, -0.2) is 41.9 Å². The molecule has 0 saturated heterocycles. The summed E-state index contributed by atoms with van der Waals surface area (Å²) in [7, 11) is 0. The van der Waals surface area contributed by atoms with Crippen molar-refractivity contribution in [2.75, 3.05) is 29.9 Å². The number of carbonyl (C=O) groups is 2. The van der Waals surface area contributed by atoms with Crippen LogP contribution in [0, 0.1) is 0 Å². The largest absolute Gasteiger partial charge is 0.372 e. The number of nitrogens with one attached hydrogen (secondary N) is 1. The van der Waals surface area contributed by atoms with E-state index in [1.807, 2.05) is 52.0 Å². The summed E-state index contributed by atoms with van der Waals surface area (Å²) in [6.45, 7) is 14.2. The Morgan fingerprint density at radius 2 is 1.48 bits per heavy atom. The van der Waals surface area contributed by atoms with Gasteiger partial charge in [0.05, 0.1) is 0 Å². The minimum Gasteiger partial charge on any atom is -0.372 e. The van der Waals surface area contributed by atoms with E-state index in [4.69, 9.17) is 0 Å². The third-order valence-electron chi connectivity index (χ3n) is 3.82. The average molecular weight is 319 g/mol. The Morgan fingerprint density at radius 1 is 0.957 bits per heavy atom. The van der Waals surface area contributed by atoms with E-state index in [0.717, 1.165) is 18.8 Å². The highest BCUT2D eigenvalue weighted by atomic mass is 16.2. The molecule has 1 N–H and O–H groups in total. The molecule has 5 nitrogen and oxygen atoms in total. The highest BCUT2D eigenvalue weighted by molar-refractivity contribution is 6.39. The number of anilines is 2. The van der Waals surface area contributed by atoms with Gasteiger partial charge < -0.3 is 15.1 Å². The number of carbonyl (C=O) groups excluding carboxylic acids is 2. The van der Waals surface area contributed by atoms with Crippen molar-refractivity contribution in [2.45, 2.75) is 47.1 Å². The monoisotopic (exact) mass is 319 g/mol. The Kier molecular flexibility index (Phi) is 6.61. The second-order valence-electron chi connectivity index (χ2n) is 6.39. The second-order valence-corrected chi connectivity index (χ2v) is 6.39. The molecule has 0 fully saturated rings. The van der Waals surface area contributed by atoms with E-state index < -0.39 is 11.8 Å². The SMILES string of the molecule is CCN(CC)c1ccc(NC(=O)C(=O)N(CC)C(C)(C)C)cc1. The fraction of sp³-hybridized carbons (Fsp3) is 0.556. The molecule has 1 rings (SSSR count). The van der Waals surface area contributed by atoms with Crippen LogP contribution in [0.1, 0.15) is 41.5 Å². The number of amides is 2. The normalized spacial score (nSPS) is 11.0. The van der Waals surface area contributed by atoms with Gasteiger partial charge in [0.15, 0.2) is 0 Å². The van der Waals surface area contributed by atoms with Gasteiger partial charge in [0, 0.05) is 36.5 Å². The lowest BCUT2D eigenvalue weighted by Crippen LogP contribution is -2.49. The van der Waals surface area contributed by atoms with E-state index in [1.54, 1.807) is 4.90 Å². The molecule has 1 aromatic rings. The first-order chi connectivity index (χ1) is 10.7. The Balaban J connectivity index is 2.79. The summed E-state index contributed by atoms with van der Waals surface area (Å²) in [6, 6.07) is 7.56. The zero-order valence-electron chi connectivity index (χ0n) is 15.1. The van der Waals surface area contributed by atoms with Crippen LogP contribution in [0.4, 0.5) is 11.4 Å². The molecule has 0 aromatic heterocycles. The predicted octanol–water partition coefficient (Wildman–Crippen LogP) is 3.12. The van der Waals surface area contributed by atoms with Crippen molar-refractivity contribution >= 4 is 23.2 Å². The van der Waals surface area contributed by atoms with Gasteiger partial charge in [-0.25, -0.2) is 0 Å². The van der Waals surface area contributed by atoms with Gasteiger partial charge in [-0.2, -0.15) is 0 Å². The fourth-order valence-corrected chi connectivity index (χ4v) is 2.57. The van der Waals surface area contributed by atoms with Crippen molar-refractivity contribution < 1.29 is 9.59 Å². The molecule has 2 amide bonds. The molecule has 0 aliphatic rings. The molecule has 0 bridgehead atoms. The zero-order valence-corrected chi connectivity index (χ0v) is 15.1. The number of hydrogen-bond donors (Lipinski definition) is 1. The first-order valence-corrected chi connectivity index (χ1v) is 8.22. The molecular weight excluding hydrogens is 290 g/mol. The smallest absolute Gasteiger partial charge is 0.313 e. The van der Waals surface area contributed by atoms with Gasteiger partial charge in [-0.15, -0.1) is 0 Å². The van der Waals surface area contributed by atoms with Gasteiger partial charge in [-0.1, -0.05) is 0 Å². The third kappa shape index (κ3) is 4.98. The van der Waals surface area contributed by atoms with Crippen molar-refractivity contribution in [2.24, 2.45) is 0 Å². The highest BCUT2D eigenvalue weighted by Gasteiger charge is 2.29. The van der Waals surface area contributed by atoms with Crippen molar-refractivity contribution in [3.63, 3.8) is 0 Å². The van der Waals surface area contributed by atoms with E-state index >= 15 is 0 Å². The summed E-state index contributed by atoms with van der Waals surface area (Å²) in [4.78, 5) is 28.3. The van der Waals surface area contributed by atoms with Crippen molar-refractivity contribution in [1.29, 1.82) is 0 Å². The molecule has 23 heavy (non-hydrogen) atoms.